The van der Waals surface area contributed by atoms with E-state index in [0.29, 0.717) is 6.42 Å². The van der Waals surface area contributed by atoms with Gasteiger partial charge in [-0.15, -0.1) is 0 Å². The molecular formula is C13H24N2O3. The van der Waals surface area contributed by atoms with Crippen LogP contribution in [-0.4, -0.2) is 29.6 Å². The molecule has 0 heterocycles. The maximum Gasteiger partial charge on any atom is 0.308 e. The van der Waals surface area contributed by atoms with E-state index < -0.39 is 11.9 Å². The summed E-state index contributed by atoms with van der Waals surface area (Å²) in [5.41, 5.74) is 6.00. The molecule has 5 nitrogen and oxygen atoms in total. The van der Waals surface area contributed by atoms with Gasteiger partial charge in [-0.1, -0.05) is 26.2 Å². The Hall–Kier alpha value is -1.10. The van der Waals surface area contributed by atoms with Crippen LogP contribution in [-0.2, 0) is 9.59 Å². The predicted octanol–water partition coefficient (Wildman–Crippen LogP) is 1.12. The molecule has 1 aliphatic carbocycles. The lowest BCUT2D eigenvalue weighted by Crippen LogP contribution is -2.43. The minimum absolute atomic E-state index is 0.0795. The molecule has 1 fully saturated rings. The van der Waals surface area contributed by atoms with Crippen LogP contribution in [0.1, 0.15) is 45.4 Å². The van der Waals surface area contributed by atoms with E-state index in [1.54, 1.807) is 0 Å². The third kappa shape index (κ3) is 4.29. The highest BCUT2D eigenvalue weighted by atomic mass is 16.4. The SMILES string of the molecule is CCC(CNC(=O)C1CCCCCC1N)C(=O)O. The van der Waals surface area contributed by atoms with Gasteiger partial charge in [-0.3, -0.25) is 9.59 Å². The van der Waals surface area contributed by atoms with Crippen molar-refractivity contribution in [2.45, 2.75) is 51.5 Å². The fourth-order valence-corrected chi connectivity index (χ4v) is 2.42. The van der Waals surface area contributed by atoms with Crippen LogP contribution in [0.25, 0.3) is 0 Å². The molecule has 0 radical (unpaired) electrons. The summed E-state index contributed by atoms with van der Waals surface area (Å²) in [5.74, 6) is -1.60. The lowest BCUT2D eigenvalue weighted by molar-refractivity contribution is -0.141. The number of rotatable bonds is 5. The second-order valence-electron chi connectivity index (χ2n) is 5.10. The quantitative estimate of drug-likeness (QED) is 0.643. The van der Waals surface area contributed by atoms with Gasteiger partial charge in [-0.2, -0.15) is 0 Å². The smallest absolute Gasteiger partial charge is 0.308 e. The van der Waals surface area contributed by atoms with Crippen molar-refractivity contribution in [3.63, 3.8) is 0 Å². The van der Waals surface area contributed by atoms with E-state index >= 15 is 0 Å². The molecule has 0 spiro atoms. The topological polar surface area (TPSA) is 92.4 Å². The van der Waals surface area contributed by atoms with Crippen molar-refractivity contribution in [2.75, 3.05) is 6.54 Å². The predicted molar refractivity (Wildman–Crippen MR) is 69.0 cm³/mol. The Labute approximate surface area is 108 Å². The van der Waals surface area contributed by atoms with E-state index in [9.17, 15) is 9.59 Å². The zero-order valence-electron chi connectivity index (χ0n) is 11.0. The Morgan fingerprint density at radius 2 is 2.00 bits per heavy atom. The van der Waals surface area contributed by atoms with Crippen molar-refractivity contribution in [1.82, 2.24) is 5.32 Å². The molecule has 3 atom stereocenters. The summed E-state index contributed by atoms with van der Waals surface area (Å²) in [6.45, 7) is 2.01. The molecule has 0 aromatic rings. The average molecular weight is 256 g/mol. The Morgan fingerprint density at radius 3 is 2.61 bits per heavy atom. The van der Waals surface area contributed by atoms with Crippen LogP contribution >= 0.6 is 0 Å². The number of carboxylic acids is 1. The van der Waals surface area contributed by atoms with E-state index in [2.05, 4.69) is 5.32 Å². The van der Waals surface area contributed by atoms with Crippen LogP contribution in [0.3, 0.4) is 0 Å². The third-order valence-electron chi connectivity index (χ3n) is 3.77. The normalized spacial score (nSPS) is 26.1. The van der Waals surface area contributed by atoms with Crippen molar-refractivity contribution >= 4 is 11.9 Å². The second kappa shape index (κ2) is 7.36. The minimum Gasteiger partial charge on any atom is -0.481 e. The van der Waals surface area contributed by atoms with Crippen molar-refractivity contribution < 1.29 is 14.7 Å². The van der Waals surface area contributed by atoms with Crippen molar-refractivity contribution in [2.24, 2.45) is 17.6 Å². The van der Waals surface area contributed by atoms with Gasteiger partial charge in [0.05, 0.1) is 11.8 Å². The molecule has 0 saturated heterocycles. The number of amides is 1. The molecule has 5 heteroatoms. The van der Waals surface area contributed by atoms with Gasteiger partial charge in [0.15, 0.2) is 0 Å². The maximum atomic E-state index is 12.0. The summed E-state index contributed by atoms with van der Waals surface area (Å²) in [6.07, 6.45) is 5.46. The highest BCUT2D eigenvalue weighted by Gasteiger charge is 2.27. The first-order valence-electron chi connectivity index (χ1n) is 6.82. The highest BCUT2D eigenvalue weighted by Crippen LogP contribution is 2.22. The summed E-state index contributed by atoms with van der Waals surface area (Å²) in [5, 5.41) is 11.7. The Bertz CT molecular complexity index is 294. The fourth-order valence-electron chi connectivity index (χ4n) is 2.42. The van der Waals surface area contributed by atoms with E-state index in [4.69, 9.17) is 10.8 Å². The molecule has 0 aromatic carbocycles. The summed E-state index contributed by atoms with van der Waals surface area (Å²) in [4.78, 5) is 22.9. The Balaban J connectivity index is 2.45. The van der Waals surface area contributed by atoms with E-state index in [-0.39, 0.29) is 24.4 Å². The number of carbonyl (C=O) groups excluding carboxylic acids is 1. The third-order valence-corrected chi connectivity index (χ3v) is 3.77. The van der Waals surface area contributed by atoms with Gasteiger partial charge in [0.2, 0.25) is 5.91 Å². The summed E-state index contributed by atoms with van der Waals surface area (Å²) in [6, 6.07) is -0.0857. The molecule has 3 unspecified atom stereocenters. The molecule has 4 N–H and O–H groups in total. The van der Waals surface area contributed by atoms with Crippen LogP contribution in [0.15, 0.2) is 0 Å². The molecule has 1 saturated carbocycles. The first-order chi connectivity index (χ1) is 8.56. The lowest BCUT2D eigenvalue weighted by atomic mass is 9.94. The molecule has 1 rings (SSSR count). The van der Waals surface area contributed by atoms with Gasteiger partial charge in [-0.25, -0.2) is 0 Å². The van der Waals surface area contributed by atoms with Gasteiger partial charge in [-0.05, 0) is 19.3 Å². The standard InChI is InChI=1S/C13H24N2O3/c1-2-9(13(17)18)8-15-12(16)10-6-4-3-5-7-11(10)14/h9-11H,2-8,14H2,1H3,(H,15,16)(H,17,18). The first-order valence-corrected chi connectivity index (χ1v) is 6.82. The average Bonchev–Trinajstić information content (AvgIpc) is 2.54. The number of nitrogens with two attached hydrogens (primary N) is 1. The summed E-state index contributed by atoms with van der Waals surface area (Å²) in [7, 11) is 0. The van der Waals surface area contributed by atoms with E-state index in [1.807, 2.05) is 6.92 Å². The molecule has 104 valence electrons. The largest absolute Gasteiger partial charge is 0.481 e. The van der Waals surface area contributed by atoms with Crippen molar-refractivity contribution in [3.05, 3.63) is 0 Å². The number of carbonyl (C=O) groups is 2. The molecule has 0 bridgehead atoms. The lowest BCUT2D eigenvalue weighted by Gasteiger charge is -2.21. The number of hydrogen-bond donors (Lipinski definition) is 3. The van der Waals surface area contributed by atoms with Crippen LogP contribution in [0.2, 0.25) is 0 Å². The molecule has 18 heavy (non-hydrogen) atoms. The van der Waals surface area contributed by atoms with Gasteiger partial charge in [0.1, 0.15) is 0 Å². The Kier molecular flexibility index (Phi) is 6.12. The molecule has 1 aliphatic rings. The molecule has 0 aliphatic heterocycles. The van der Waals surface area contributed by atoms with Crippen LogP contribution in [0, 0.1) is 11.8 Å². The highest BCUT2D eigenvalue weighted by molar-refractivity contribution is 5.80. The van der Waals surface area contributed by atoms with Crippen molar-refractivity contribution in [1.29, 1.82) is 0 Å². The zero-order valence-corrected chi connectivity index (χ0v) is 11.0. The van der Waals surface area contributed by atoms with Gasteiger partial charge < -0.3 is 16.2 Å². The summed E-state index contributed by atoms with van der Waals surface area (Å²) >= 11 is 0. The fraction of sp³-hybridized carbons (Fsp3) is 0.846. The minimum atomic E-state index is -0.858. The monoisotopic (exact) mass is 256 g/mol. The summed E-state index contributed by atoms with van der Waals surface area (Å²) < 4.78 is 0. The van der Waals surface area contributed by atoms with E-state index in [1.165, 1.54) is 0 Å². The van der Waals surface area contributed by atoms with Crippen molar-refractivity contribution in [3.8, 4) is 0 Å². The Morgan fingerprint density at radius 1 is 1.33 bits per heavy atom. The van der Waals surface area contributed by atoms with Gasteiger partial charge in [0.25, 0.3) is 0 Å². The number of aliphatic carboxylic acids is 1. The first kappa shape index (κ1) is 15.0. The molecule has 1 amide bonds. The zero-order chi connectivity index (χ0) is 13.5. The van der Waals surface area contributed by atoms with E-state index in [0.717, 1.165) is 32.1 Å². The molecular weight excluding hydrogens is 232 g/mol. The van der Waals surface area contributed by atoms with Gasteiger partial charge in [0, 0.05) is 12.6 Å². The number of carboxylic acid groups (broad SMARTS) is 1. The van der Waals surface area contributed by atoms with Crippen LogP contribution < -0.4 is 11.1 Å². The number of hydrogen-bond acceptors (Lipinski definition) is 3. The van der Waals surface area contributed by atoms with Gasteiger partial charge >= 0.3 is 5.97 Å². The van der Waals surface area contributed by atoms with Crippen LogP contribution in [0.4, 0.5) is 0 Å². The number of nitrogens with one attached hydrogen (secondary N) is 1. The molecule has 0 aromatic heterocycles. The second-order valence-corrected chi connectivity index (χ2v) is 5.10. The van der Waals surface area contributed by atoms with Crippen LogP contribution in [0.5, 0.6) is 0 Å². The maximum absolute atomic E-state index is 12.0.